The Morgan fingerprint density at radius 2 is 2.28 bits per heavy atom. The summed E-state index contributed by atoms with van der Waals surface area (Å²) >= 11 is 4.49. The van der Waals surface area contributed by atoms with Crippen LogP contribution >= 0.6 is 27.3 Å². The number of carboxylic acids is 1. The molecule has 0 saturated heterocycles. The molecule has 2 rings (SSSR count). The molecule has 1 aromatic heterocycles. The second-order valence-electron chi connectivity index (χ2n) is 4.33. The topological polar surface area (TPSA) is 91.3 Å². The maximum Gasteiger partial charge on any atom is 0.329 e. The normalized spacial score (nSPS) is 17.9. The number of aromatic nitrogens is 1. The number of carbonyl (C=O) groups excluding carboxylic acids is 1. The van der Waals surface area contributed by atoms with E-state index in [0.29, 0.717) is 5.13 Å². The van der Waals surface area contributed by atoms with Gasteiger partial charge in [0.25, 0.3) is 0 Å². The van der Waals surface area contributed by atoms with Crippen LogP contribution in [0.15, 0.2) is 9.98 Å². The lowest BCUT2D eigenvalue weighted by atomic mass is 9.96. The fourth-order valence-corrected chi connectivity index (χ4v) is 2.77. The van der Waals surface area contributed by atoms with Crippen LogP contribution < -0.4 is 10.6 Å². The maximum absolute atomic E-state index is 11.7. The SMILES string of the molecule is CC(NC(=O)Nc1ncc(Br)s1)(C(=O)O)C1CC1. The number of thiazole rings is 1. The van der Waals surface area contributed by atoms with Crippen molar-refractivity contribution >= 4 is 44.4 Å². The number of urea groups is 1. The van der Waals surface area contributed by atoms with Gasteiger partial charge in [-0.05, 0) is 41.6 Å². The molecular weight excluding hydrogens is 322 g/mol. The molecule has 1 aromatic rings. The van der Waals surface area contributed by atoms with Crippen LogP contribution in [0.5, 0.6) is 0 Å². The standard InChI is InChI=1S/C10H12BrN3O3S/c1-10(7(15)16,5-2-3-5)14-8(17)13-9-12-4-6(11)18-9/h4-5H,2-3H2,1H3,(H,15,16)(H2,12,13,14,17). The summed E-state index contributed by atoms with van der Waals surface area (Å²) in [6, 6.07) is -0.548. The molecule has 0 radical (unpaired) electrons. The zero-order valence-corrected chi connectivity index (χ0v) is 12.0. The lowest BCUT2D eigenvalue weighted by molar-refractivity contribution is -0.144. The van der Waals surface area contributed by atoms with E-state index in [1.807, 2.05) is 0 Å². The van der Waals surface area contributed by atoms with Crippen LogP contribution in [0, 0.1) is 5.92 Å². The lowest BCUT2D eigenvalue weighted by Crippen LogP contribution is -2.55. The molecule has 0 aliphatic heterocycles. The van der Waals surface area contributed by atoms with Crippen molar-refractivity contribution in [3.8, 4) is 0 Å². The molecule has 1 heterocycles. The number of rotatable bonds is 4. The van der Waals surface area contributed by atoms with E-state index in [-0.39, 0.29) is 5.92 Å². The minimum atomic E-state index is -1.21. The fraction of sp³-hybridized carbons (Fsp3) is 0.500. The molecule has 1 saturated carbocycles. The van der Waals surface area contributed by atoms with E-state index in [2.05, 4.69) is 31.5 Å². The van der Waals surface area contributed by atoms with E-state index < -0.39 is 17.5 Å². The van der Waals surface area contributed by atoms with Crippen LogP contribution in [0.1, 0.15) is 19.8 Å². The zero-order chi connectivity index (χ0) is 13.3. The predicted octanol–water partition coefficient (Wildman–Crippen LogP) is 2.28. The van der Waals surface area contributed by atoms with Gasteiger partial charge in [0.1, 0.15) is 5.54 Å². The fourth-order valence-electron chi connectivity index (χ4n) is 1.67. The molecule has 1 atom stereocenters. The van der Waals surface area contributed by atoms with E-state index >= 15 is 0 Å². The van der Waals surface area contributed by atoms with Gasteiger partial charge in [-0.1, -0.05) is 11.3 Å². The first-order chi connectivity index (χ1) is 8.41. The first kappa shape index (κ1) is 13.3. The van der Waals surface area contributed by atoms with Crippen LogP contribution in [0.4, 0.5) is 9.93 Å². The van der Waals surface area contributed by atoms with Gasteiger partial charge in [0.05, 0.1) is 9.98 Å². The molecule has 8 heteroatoms. The number of halogens is 1. The van der Waals surface area contributed by atoms with Crippen molar-refractivity contribution in [3.05, 3.63) is 9.98 Å². The summed E-state index contributed by atoms with van der Waals surface area (Å²) in [6.07, 6.45) is 3.22. The van der Waals surface area contributed by atoms with Crippen molar-refractivity contribution in [2.45, 2.75) is 25.3 Å². The number of nitrogens with zero attached hydrogens (tertiary/aromatic N) is 1. The Morgan fingerprint density at radius 1 is 1.61 bits per heavy atom. The predicted molar refractivity (Wildman–Crippen MR) is 70.7 cm³/mol. The molecule has 1 fully saturated rings. The lowest BCUT2D eigenvalue weighted by Gasteiger charge is -2.25. The summed E-state index contributed by atoms with van der Waals surface area (Å²) < 4.78 is 0.793. The largest absolute Gasteiger partial charge is 0.480 e. The van der Waals surface area contributed by atoms with Gasteiger partial charge in [0.2, 0.25) is 0 Å². The summed E-state index contributed by atoms with van der Waals surface area (Å²) in [5, 5.41) is 14.7. The number of nitrogens with one attached hydrogen (secondary N) is 2. The van der Waals surface area contributed by atoms with Gasteiger partial charge < -0.3 is 10.4 Å². The smallest absolute Gasteiger partial charge is 0.329 e. The summed E-state index contributed by atoms with van der Waals surface area (Å²) in [5.41, 5.74) is -1.21. The number of hydrogen-bond acceptors (Lipinski definition) is 4. The van der Waals surface area contributed by atoms with Gasteiger partial charge in [-0.3, -0.25) is 5.32 Å². The molecule has 18 heavy (non-hydrogen) atoms. The Morgan fingerprint density at radius 3 is 2.72 bits per heavy atom. The second kappa shape index (κ2) is 4.85. The van der Waals surface area contributed by atoms with Gasteiger partial charge in [-0.15, -0.1) is 0 Å². The van der Waals surface area contributed by atoms with E-state index in [9.17, 15) is 14.7 Å². The highest BCUT2D eigenvalue weighted by Gasteiger charge is 2.48. The summed E-state index contributed by atoms with van der Waals surface area (Å²) in [5.74, 6) is -1.01. The summed E-state index contributed by atoms with van der Waals surface area (Å²) in [6.45, 7) is 1.53. The van der Waals surface area contributed by atoms with Crippen molar-refractivity contribution in [1.29, 1.82) is 0 Å². The minimum Gasteiger partial charge on any atom is -0.480 e. The van der Waals surface area contributed by atoms with Crippen molar-refractivity contribution in [1.82, 2.24) is 10.3 Å². The Bertz CT molecular complexity index is 488. The number of anilines is 1. The van der Waals surface area contributed by atoms with Crippen molar-refractivity contribution in [2.24, 2.45) is 5.92 Å². The van der Waals surface area contributed by atoms with Gasteiger partial charge in [-0.25, -0.2) is 14.6 Å². The van der Waals surface area contributed by atoms with E-state index in [1.54, 1.807) is 6.20 Å². The van der Waals surface area contributed by atoms with E-state index in [1.165, 1.54) is 18.3 Å². The van der Waals surface area contributed by atoms with E-state index in [0.717, 1.165) is 16.6 Å². The molecule has 1 aliphatic carbocycles. The summed E-state index contributed by atoms with van der Waals surface area (Å²) in [4.78, 5) is 26.9. The number of aliphatic carboxylic acids is 1. The molecule has 0 aromatic carbocycles. The second-order valence-corrected chi connectivity index (χ2v) is 6.74. The highest BCUT2D eigenvalue weighted by molar-refractivity contribution is 9.11. The van der Waals surface area contributed by atoms with E-state index in [4.69, 9.17) is 0 Å². The average molecular weight is 334 g/mol. The Balaban J connectivity index is 1.99. The van der Waals surface area contributed by atoms with Crippen molar-refractivity contribution < 1.29 is 14.7 Å². The van der Waals surface area contributed by atoms with Gasteiger partial charge in [0.15, 0.2) is 5.13 Å². The molecule has 2 amide bonds. The zero-order valence-electron chi connectivity index (χ0n) is 9.57. The third-order valence-corrected chi connectivity index (χ3v) is 4.30. The van der Waals surface area contributed by atoms with Crippen LogP contribution in [0.2, 0.25) is 0 Å². The molecule has 0 spiro atoms. The number of carboxylic acid groups (broad SMARTS) is 1. The monoisotopic (exact) mass is 333 g/mol. The number of carbonyl (C=O) groups is 2. The Hall–Kier alpha value is -1.15. The molecule has 6 nitrogen and oxygen atoms in total. The van der Waals surface area contributed by atoms with Crippen LogP contribution in [-0.4, -0.2) is 27.6 Å². The van der Waals surface area contributed by atoms with Gasteiger partial charge >= 0.3 is 12.0 Å². The van der Waals surface area contributed by atoms with Crippen molar-refractivity contribution in [3.63, 3.8) is 0 Å². The number of amides is 2. The van der Waals surface area contributed by atoms with Crippen LogP contribution in [0.3, 0.4) is 0 Å². The third kappa shape index (κ3) is 2.81. The van der Waals surface area contributed by atoms with Crippen molar-refractivity contribution in [2.75, 3.05) is 5.32 Å². The summed E-state index contributed by atoms with van der Waals surface area (Å²) in [7, 11) is 0. The molecule has 1 unspecified atom stereocenters. The minimum absolute atomic E-state index is 0.00350. The van der Waals surface area contributed by atoms with Gasteiger partial charge in [-0.2, -0.15) is 0 Å². The molecule has 1 aliphatic rings. The molecular formula is C10H12BrN3O3S. The Labute approximate surface area is 116 Å². The average Bonchev–Trinajstić information content (AvgIpc) is 3.04. The molecule has 0 bridgehead atoms. The number of hydrogen-bond donors (Lipinski definition) is 3. The van der Waals surface area contributed by atoms with Crippen LogP contribution in [0.25, 0.3) is 0 Å². The molecule has 98 valence electrons. The maximum atomic E-state index is 11.7. The highest BCUT2D eigenvalue weighted by Crippen LogP contribution is 2.39. The highest BCUT2D eigenvalue weighted by atomic mass is 79.9. The molecule has 3 N–H and O–H groups in total. The Kier molecular flexibility index (Phi) is 3.58. The third-order valence-electron chi connectivity index (χ3n) is 2.91. The first-order valence-corrected chi connectivity index (χ1v) is 6.96. The first-order valence-electron chi connectivity index (χ1n) is 5.35. The van der Waals surface area contributed by atoms with Crippen LogP contribution in [-0.2, 0) is 4.79 Å². The van der Waals surface area contributed by atoms with Gasteiger partial charge in [0, 0.05) is 0 Å². The quantitative estimate of drug-likeness (QED) is 0.788.